The van der Waals surface area contributed by atoms with Gasteiger partial charge in [-0.15, -0.1) is 0 Å². The van der Waals surface area contributed by atoms with Crippen LogP contribution < -0.4 is 4.72 Å². The van der Waals surface area contributed by atoms with Crippen LogP contribution in [0.3, 0.4) is 0 Å². The van der Waals surface area contributed by atoms with Crippen molar-refractivity contribution in [1.29, 1.82) is 0 Å². The van der Waals surface area contributed by atoms with Gasteiger partial charge in [-0.3, -0.25) is 4.79 Å². The van der Waals surface area contributed by atoms with Gasteiger partial charge in [0.1, 0.15) is 6.54 Å². The minimum Gasteiger partial charge on any atom is -0.480 e. The van der Waals surface area contributed by atoms with Gasteiger partial charge in [-0.2, -0.15) is 0 Å². The number of aliphatic carboxylic acids is 1. The van der Waals surface area contributed by atoms with Crippen molar-refractivity contribution in [2.75, 3.05) is 19.8 Å². The second kappa shape index (κ2) is 4.72. The Morgan fingerprint density at radius 2 is 2.29 bits per heavy atom. The van der Waals surface area contributed by atoms with Gasteiger partial charge in [0.05, 0.1) is 11.9 Å². The van der Waals surface area contributed by atoms with Crippen molar-refractivity contribution in [3.8, 4) is 0 Å². The molecular weight excluding hydrogens is 210 g/mol. The Hall–Kier alpha value is -0.660. The third kappa shape index (κ3) is 3.24. The molecule has 14 heavy (non-hydrogen) atoms. The lowest BCUT2D eigenvalue weighted by molar-refractivity contribution is -0.135. The molecule has 0 radical (unpaired) electrons. The first-order valence-electron chi connectivity index (χ1n) is 4.30. The highest BCUT2D eigenvalue weighted by atomic mass is 32.2. The summed E-state index contributed by atoms with van der Waals surface area (Å²) in [6.45, 7) is 0.152. The number of ether oxygens (including phenoxy) is 1. The smallest absolute Gasteiger partial charge is 0.318 e. The predicted octanol–water partition coefficient (Wildman–Crippen LogP) is -0.831. The molecule has 6 nitrogen and oxygen atoms in total. The first-order chi connectivity index (χ1) is 6.52. The topological polar surface area (TPSA) is 92.7 Å². The molecule has 1 aliphatic heterocycles. The van der Waals surface area contributed by atoms with E-state index in [9.17, 15) is 13.2 Å². The molecule has 0 aromatic rings. The van der Waals surface area contributed by atoms with Gasteiger partial charge in [0, 0.05) is 6.61 Å². The fourth-order valence-electron chi connectivity index (χ4n) is 1.24. The summed E-state index contributed by atoms with van der Waals surface area (Å²) in [5.74, 6) is -1.19. The molecular formula is C7H13NO5S. The van der Waals surface area contributed by atoms with E-state index >= 15 is 0 Å². The predicted molar refractivity (Wildman–Crippen MR) is 48.4 cm³/mol. The van der Waals surface area contributed by atoms with Crippen molar-refractivity contribution in [2.45, 2.75) is 18.1 Å². The average Bonchev–Trinajstić information content (AvgIpc) is 2.16. The van der Waals surface area contributed by atoms with Crippen LogP contribution in [0.15, 0.2) is 0 Å². The van der Waals surface area contributed by atoms with Crippen molar-refractivity contribution in [3.05, 3.63) is 0 Å². The summed E-state index contributed by atoms with van der Waals surface area (Å²) in [6, 6.07) is 0. The zero-order chi connectivity index (χ0) is 10.6. The number of hydrogen-bond donors (Lipinski definition) is 2. The monoisotopic (exact) mass is 223 g/mol. The van der Waals surface area contributed by atoms with E-state index in [1.54, 1.807) is 0 Å². The minimum absolute atomic E-state index is 0.148. The molecule has 0 aromatic heterocycles. The van der Waals surface area contributed by atoms with Crippen LogP contribution in [0.2, 0.25) is 0 Å². The molecule has 1 heterocycles. The van der Waals surface area contributed by atoms with E-state index in [0.717, 1.165) is 0 Å². The molecule has 1 fully saturated rings. The summed E-state index contributed by atoms with van der Waals surface area (Å²) < 4.78 is 29.9. The summed E-state index contributed by atoms with van der Waals surface area (Å²) in [6.07, 6.45) is 1.22. The molecule has 7 heteroatoms. The second-order valence-corrected chi connectivity index (χ2v) is 5.14. The van der Waals surface area contributed by atoms with Gasteiger partial charge < -0.3 is 9.84 Å². The number of rotatable bonds is 4. The average molecular weight is 223 g/mol. The Kier molecular flexibility index (Phi) is 3.85. The van der Waals surface area contributed by atoms with E-state index in [4.69, 9.17) is 9.84 Å². The number of carbonyl (C=O) groups is 1. The molecule has 0 aromatic carbocycles. The molecule has 1 rings (SSSR count). The van der Waals surface area contributed by atoms with Crippen LogP contribution in [0, 0.1) is 0 Å². The maximum Gasteiger partial charge on any atom is 0.318 e. The molecule has 2 N–H and O–H groups in total. The van der Waals surface area contributed by atoms with Crippen LogP contribution in [0.1, 0.15) is 12.8 Å². The molecule has 0 spiro atoms. The Balaban J connectivity index is 2.50. The first kappa shape index (κ1) is 11.4. The third-order valence-electron chi connectivity index (χ3n) is 1.98. The molecule has 1 saturated heterocycles. The maximum absolute atomic E-state index is 11.4. The lowest BCUT2D eigenvalue weighted by Gasteiger charge is -2.21. The van der Waals surface area contributed by atoms with Crippen LogP contribution in [-0.4, -0.2) is 44.5 Å². The summed E-state index contributed by atoms with van der Waals surface area (Å²) >= 11 is 0. The van der Waals surface area contributed by atoms with E-state index in [1.807, 2.05) is 4.72 Å². The molecule has 0 saturated carbocycles. The van der Waals surface area contributed by atoms with E-state index in [-0.39, 0.29) is 6.61 Å². The van der Waals surface area contributed by atoms with Crippen LogP contribution >= 0.6 is 0 Å². The largest absolute Gasteiger partial charge is 0.480 e. The summed E-state index contributed by atoms with van der Waals surface area (Å²) in [7, 11) is -3.53. The number of carboxylic acids is 1. The highest BCUT2D eigenvalue weighted by molar-refractivity contribution is 7.90. The summed E-state index contributed by atoms with van der Waals surface area (Å²) in [5.41, 5.74) is 0. The van der Waals surface area contributed by atoms with Crippen LogP contribution in [0.4, 0.5) is 0 Å². The normalized spacial score (nSPS) is 23.3. The lowest BCUT2D eigenvalue weighted by Crippen LogP contribution is -2.41. The van der Waals surface area contributed by atoms with Gasteiger partial charge in [-0.25, -0.2) is 13.1 Å². The highest BCUT2D eigenvalue weighted by Crippen LogP contribution is 2.13. The molecule has 0 aliphatic carbocycles. The van der Waals surface area contributed by atoms with E-state index in [2.05, 4.69) is 0 Å². The van der Waals surface area contributed by atoms with Crippen molar-refractivity contribution in [1.82, 2.24) is 4.72 Å². The Morgan fingerprint density at radius 3 is 2.79 bits per heavy atom. The molecule has 0 bridgehead atoms. The van der Waals surface area contributed by atoms with Crippen LogP contribution in [-0.2, 0) is 19.6 Å². The molecule has 0 amide bonds. The first-order valence-corrected chi connectivity index (χ1v) is 5.85. The van der Waals surface area contributed by atoms with Gasteiger partial charge in [0.2, 0.25) is 10.0 Å². The molecule has 82 valence electrons. The van der Waals surface area contributed by atoms with Gasteiger partial charge in [0.15, 0.2) is 0 Å². The second-order valence-electron chi connectivity index (χ2n) is 3.10. The highest BCUT2D eigenvalue weighted by Gasteiger charge is 2.27. The van der Waals surface area contributed by atoms with Crippen molar-refractivity contribution >= 4 is 16.0 Å². The Labute approximate surface area is 82.3 Å². The van der Waals surface area contributed by atoms with Crippen molar-refractivity contribution < 1.29 is 23.1 Å². The van der Waals surface area contributed by atoms with Crippen LogP contribution in [0.5, 0.6) is 0 Å². The lowest BCUT2D eigenvalue weighted by atomic mass is 10.2. The van der Waals surface area contributed by atoms with E-state index < -0.39 is 27.8 Å². The van der Waals surface area contributed by atoms with Gasteiger partial charge in [-0.1, -0.05) is 0 Å². The fourth-order valence-corrected chi connectivity index (χ4v) is 2.55. The zero-order valence-corrected chi connectivity index (χ0v) is 8.42. The van der Waals surface area contributed by atoms with E-state index in [1.165, 1.54) is 0 Å². The summed E-state index contributed by atoms with van der Waals surface area (Å²) in [4.78, 5) is 10.2. The van der Waals surface area contributed by atoms with Crippen molar-refractivity contribution in [2.24, 2.45) is 0 Å². The SMILES string of the molecule is O=C(O)CNS(=O)(=O)C1CCCOC1. The minimum atomic E-state index is -3.53. The Bertz CT molecular complexity index is 293. The molecule has 1 atom stereocenters. The van der Waals surface area contributed by atoms with E-state index in [0.29, 0.717) is 19.4 Å². The maximum atomic E-state index is 11.4. The third-order valence-corrected chi connectivity index (χ3v) is 3.78. The van der Waals surface area contributed by atoms with Crippen molar-refractivity contribution in [3.63, 3.8) is 0 Å². The zero-order valence-electron chi connectivity index (χ0n) is 7.60. The quantitative estimate of drug-likeness (QED) is 0.649. The number of nitrogens with one attached hydrogen (secondary N) is 1. The number of sulfonamides is 1. The van der Waals surface area contributed by atoms with Gasteiger partial charge in [0.25, 0.3) is 0 Å². The molecule has 1 unspecified atom stereocenters. The number of carboxylic acid groups (broad SMARTS) is 1. The van der Waals surface area contributed by atoms with Gasteiger partial charge in [-0.05, 0) is 12.8 Å². The Morgan fingerprint density at radius 1 is 1.57 bits per heavy atom. The molecule has 1 aliphatic rings. The standard InChI is InChI=1S/C7H13NO5S/c9-7(10)4-8-14(11,12)6-2-1-3-13-5-6/h6,8H,1-5H2,(H,9,10). The number of hydrogen-bond acceptors (Lipinski definition) is 4. The fraction of sp³-hybridized carbons (Fsp3) is 0.857. The summed E-state index contributed by atoms with van der Waals surface area (Å²) in [5, 5.41) is 7.70. The van der Waals surface area contributed by atoms with Gasteiger partial charge >= 0.3 is 5.97 Å². The van der Waals surface area contributed by atoms with Crippen LogP contribution in [0.25, 0.3) is 0 Å².